The second kappa shape index (κ2) is 7.61. The highest BCUT2D eigenvalue weighted by molar-refractivity contribution is 7.17. The fraction of sp³-hybridized carbons (Fsp3) is 0.316. The lowest BCUT2D eigenvalue weighted by Gasteiger charge is -2.02. The topological polar surface area (TPSA) is 60.7 Å². The zero-order valence-corrected chi connectivity index (χ0v) is 15.1. The van der Waals surface area contributed by atoms with Crippen LogP contribution in [0.1, 0.15) is 41.2 Å². The van der Waals surface area contributed by atoms with Gasteiger partial charge in [-0.25, -0.2) is 4.98 Å². The number of carbonyl (C=O) groups is 2. The zero-order chi connectivity index (χ0) is 17.8. The highest BCUT2D eigenvalue weighted by Gasteiger charge is 2.17. The van der Waals surface area contributed by atoms with Gasteiger partial charge in [0.2, 0.25) is 0 Å². The van der Waals surface area contributed by atoms with Gasteiger partial charge in [0, 0.05) is 16.6 Å². The van der Waals surface area contributed by atoms with E-state index in [4.69, 9.17) is 4.74 Å². The quantitative estimate of drug-likeness (QED) is 0.475. The first-order chi connectivity index (χ1) is 12.2. The van der Waals surface area contributed by atoms with Gasteiger partial charge in [0.05, 0.1) is 13.0 Å². The Morgan fingerprint density at radius 3 is 2.68 bits per heavy atom. The summed E-state index contributed by atoms with van der Waals surface area (Å²) in [6.07, 6.45) is 4.94. The molecule has 0 unspecified atom stereocenters. The summed E-state index contributed by atoms with van der Waals surface area (Å²) in [6, 6.07) is 8.16. The average Bonchev–Trinajstić information content (AvgIpc) is 3.12. The summed E-state index contributed by atoms with van der Waals surface area (Å²) >= 11 is 1.40. The van der Waals surface area contributed by atoms with Crippen molar-refractivity contribution >= 4 is 28.6 Å². The van der Waals surface area contributed by atoms with Crippen LogP contribution in [0.5, 0.6) is 0 Å². The minimum absolute atomic E-state index is 0.196. The van der Waals surface area contributed by atoms with Crippen molar-refractivity contribution in [2.24, 2.45) is 0 Å². The molecule has 3 aromatic rings. The van der Waals surface area contributed by atoms with E-state index in [0.717, 1.165) is 29.6 Å². The molecule has 0 saturated heterocycles. The van der Waals surface area contributed by atoms with Crippen LogP contribution in [0.15, 0.2) is 30.5 Å². The van der Waals surface area contributed by atoms with Crippen molar-refractivity contribution in [2.75, 3.05) is 6.61 Å². The number of ether oxygens (including phenoxy) is 1. The van der Waals surface area contributed by atoms with E-state index >= 15 is 0 Å². The maximum absolute atomic E-state index is 11.6. The van der Waals surface area contributed by atoms with Crippen LogP contribution in [-0.2, 0) is 22.4 Å². The number of esters is 1. The molecule has 0 radical (unpaired) electrons. The van der Waals surface area contributed by atoms with Gasteiger partial charge < -0.3 is 4.74 Å². The van der Waals surface area contributed by atoms with Crippen molar-refractivity contribution in [3.05, 3.63) is 46.6 Å². The lowest BCUT2D eigenvalue weighted by molar-refractivity contribution is -0.142. The number of hydrogen-bond donors (Lipinski definition) is 0. The molecule has 0 N–H and O–H groups in total. The van der Waals surface area contributed by atoms with Gasteiger partial charge in [0.25, 0.3) is 0 Å². The zero-order valence-electron chi connectivity index (χ0n) is 14.3. The van der Waals surface area contributed by atoms with Crippen LogP contribution in [0.2, 0.25) is 0 Å². The van der Waals surface area contributed by atoms with E-state index in [2.05, 4.69) is 24.0 Å². The number of aldehydes is 1. The first-order valence-corrected chi connectivity index (χ1v) is 9.18. The second-order valence-corrected chi connectivity index (χ2v) is 6.84. The predicted octanol–water partition coefficient (Wildman–Crippen LogP) is 3.93. The highest BCUT2D eigenvalue weighted by Crippen LogP contribution is 2.28. The SMILES string of the molecule is CCCc1ccc(-c2nc3sc(CC(=O)OCC)cn3c2C=O)cc1. The molecule has 0 atom stereocenters. The van der Waals surface area contributed by atoms with Gasteiger partial charge in [0.15, 0.2) is 11.2 Å². The predicted molar refractivity (Wildman–Crippen MR) is 98.2 cm³/mol. The number of fused-ring (bicyclic) bond motifs is 1. The molecule has 25 heavy (non-hydrogen) atoms. The van der Waals surface area contributed by atoms with Crippen LogP contribution in [0.4, 0.5) is 0 Å². The van der Waals surface area contributed by atoms with Crippen LogP contribution in [0.25, 0.3) is 16.2 Å². The fourth-order valence-corrected chi connectivity index (χ4v) is 3.76. The number of hydrogen-bond acceptors (Lipinski definition) is 5. The Morgan fingerprint density at radius 1 is 1.28 bits per heavy atom. The molecule has 0 amide bonds. The number of thiazole rings is 1. The van der Waals surface area contributed by atoms with Gasteiger partial charge in [-0.05, 0) is 18.9 Å². The van der Waals surface area contributed by atoms with Gasteiger partial charge in [-0.1, -0.05) is 37.6 Å². The van der Waals surface area contributed by atoms with E-state index in [1.807, 2.05) is 12.1 Å². The number of aromatic nitrogens is 2. The molecule has 130 valence electrons. The minimum Gasteiger partial charge on any atom is -0.466 e. The van der Waals surface area contributed by atoms with Gasteiger partial charge in [-0.15, -0.1) is 11.3 Å². The van der Waals surface area contributed by atoms with Gasteiger partial charge in [0.1, 0.15) is 11.4 Å². The van der Waals surface area contributed by atoms with Gasteiger partial charge in [-0.2, -0.15) is 0 Å². The third-order valence-corrected chi connectivity index (χ3v) is 4.90. The molecule has 5 nitrogen and oxygen atoms in total. The van der Waals surface area contributed by atoms with Crippen molar-refractivity contribution in [1.29, 1.82) is 0 Å². The molecular formula is C19H20N2O3S. The van der Waals surface area contributed by atoms with Crippen molar-refractivity contribution in [3.63, 3.8) is 0 Å². The number of aryl methyl sites for hydroxylation is 1. The molecule has 3 rings (SSSR count). The van der Waals surface area contributed by atoms with Crippen LogP contribution >= 0.6 is 11.3 Å². The molecule has 0 saturated carbocycles. The van der Waals surface area contributed by atoms with Crippen LogP contribution in [0, 0.1) is 0 Å². The molecule has 0 aliphatic carbocycles. The number of benzene rings is 1. The molecule has 0 aliphatic heterocycles. The van der Waals surface area contributed by atoms with E-state index in [9.17, 15) is 9.59 Å². The first-order valence-electron chi connectivity index (χ1n) is 8.37. The largest absolute Gasteiger partial charge is 0.466 e. The lowest BCUT2D eigenvalue weighted by Crippen LogP contribution is -2.06. The molecule has 6 heteroatoms. The van der Waals surface area contributed by atoms with E-state index in [1.54, 1.807) is 17.5 Å². The Kier molecular flexibility index (Phi) is 5.28. The van der Waals surface area contributed by atoms with E-state index < -0.39 is 0 Å². The van der Waals surface area contributed by atoms with Gasteiger partial charge >= 0.3 is 5.97 Å². The van der Waals surface area contributed by atoms with Gasteiger partial charge in [-0.3, -0.25) is 14.0 Å². The summed E-state index contributed by atoms with van der Waals surface area (Å²) in [5, 5.41) is 0. The average molecular weight is 356 g/mol. The summed E-state index contributed by atoms with van der Waals surface area (Å²) in [6.45, 7) is 4.29. The van der Waals surface area contributed by atoms with Crippen LogP contribution < -0.4 is 0 Å². The van der Waals surface area contributed by atoms with Crippen molar-refractivity contribution in [2.45, 2.75) is 33.1 Å². The summed E-state index contributed by atoms with van der Waals surface area (Å²) in [4.78, 5) is 29.4. The second-order valence-electron chi connectivity index (χ2n) is 5.74. The summed E-state index contributed by atoms with van der Waals surface area (Å²) in [5.41, 5.74) is 3.37. The van der Waals surface area contributed by atoms with Crippen LogP contribution in [-0.4, -0.2) is 28.2 Å². The van der Waals surface area contributed by atoms with E-state index in [-0.39, 0.29) is 12.4 Å². The molecule has 2 heterocycles. The Bertz CT molecular complexity index is 893. The third-order valence-electron chi connectivity index (χ3n) is 3.91. The maximum atomic E-state index is 11.6. The molecule has 0 aliphatic rings. The number of imidazole rings is 1. The maximum Gasteiger partial charge on any atom is 0.311 e. The minimum atomic E-state index is -0.272. The molecule has 1 aromatic carbocycles. The van der Waals surface area contributed by atoms with Crippen molar-refractivity contribution in [3.8, 4) is 11.3 Å². The van der Waals surface area contributed by atoms with E-state index in [1.165, 1.54) is 16.9 Å². The van der Waals surface area contributed by atoms with E-state index in [0.29, 0.717) is 23.0 Å². The standard InChI is InChI=1S/C19H20N2O3S/c1-3-5-13-6-8-14(9-7-13)18-16(12-22)21-11-15(25-19(21)20-18)10-17(23)24-4-2/h6-9,11-12H,3-5,10H2,1-2H3. The Morgan fingerprint density at radius 2 is 2.04 bits per heavy atom. The van der Waals surface area contributed by atoms with Crippen molar-refractivity contribution < 1.29 is 14.3 Å². The number of carbonyl (C=O) groups excluding carboxylic acids is 2. The molecule has 0 spiro atoms. The lowest BCUT2D eigenvalue weighted by atomic mass is 10.1. The molecular weight excluding hydrogens is 336 g/mol. The van der Waals surface area contributed by atoms with Crippen LogP contribution in [0.3, 0.4) is 0 Å². The monoisotopic (exact) mass is 356 g/mol. The normalized spacial score (nSPS) is 11.0. The van der Waals surface area contributed by atoms with Crippen molar-refractivity contribution in [1.82, 2.24) is 9.38 Å². The Labute approximate surface area is 150 Å². The fourth-order valence-electron chi connectivity index (χ4n) is 2.79. The first kappa shape index (κ1) is 17.4. The molecule has 0 fully saturated rings. The Hall–Kier alpha value is -2.47. The summed E-state index contributed by atoms with van der Waals surface area (Å²) < 4.78 is 6.72. The number of rotatable bonds is 7. The number of nitrogens with zero attached hydrogens (tertiary/aromatic N) is 2. The summed E-state index contributed by atoms with van der Waals surface area (Å²) in [5.74, 6) is -0.272. The highest BCUT2D eigenvalue weighted by atomic mass is 32.1. The Balaban J connectivity index is 1.93. The molecule has 2 aromatic heterocycles. The smallest absolute Gasteiger partial charge is 0.311 e. The summed E-state index contributed by atoms with van der Waals surface area (Å²) in [7, 11) is 0. The third kappa shape index (κ3) is 3.64. The molecule has 0 bridgehead atoms.